The van der Waals surface area contributed by atoms with E-state index in [1.807, 2.05) is 0 Å². The fourth-order valence-corrected chi connectivity index (χ4v) is 2.16. The highest BCUT2D eigenvalue weighted by atomic mass is 32.2. The number of nitrogens with two attached hydrogens (primary N) is 2. The molecule has 0 bridgehead atoms. The lowest BCUT2D eigenvalue weighted by Gasteiger charge is -2.04. The summed E-state index contributed by atoms with van der Waals surface area (Å²) in [5.41, 5.74) is 11.3. The lowest BCUT2D eigenvalue weighted by Crippen LogP contribution is -2.11. The van der Waals surface area contributed by atoms with Gasteiger partial charge in [-0.25, -0.2) is 4.39 Å². The van der Waals surface area contributed by atoms with E-state index in [0.717, 1.165) is 12.2 Å². The maximum absolute atomic E-state index is 13.4. The van der Waals surface area contributed by atoms with Crippen LogP contribution in [0.3, 0.4) is 0 Å². The van der Waals surface area contributed by atoms with Crippen LogP contribution in [-0.2, 0) is 5.75 Å². The minimum absolute atomic E-state index is 0.301. The Morgan fingerprint density at radius 1 is 1.44 bits per heavy atom. The predicted molar refractivity (Wildman–Crippen MR) is 64.8 cm³/mol. The van der Waals surface area contributed by atoms with Crippen molar-refractivity contribution in [1.82, 2.24) is 0 Å². The number of thioether (sulfide) groups is 1. The average molecular weight is 242 g/mol. The van der Waals surface area contributed by atoms with Gasteiger partial charge in [0.15, 0.2) is 0 Å². The molecule has 0 saturated carbocycles. The van der Waals surface area contributed by atoms with Gasteiger partial charge in [0.25, 0.3) is 0 Å². The Morgan fingerprint density at radius 2 is 2.19 bits per heavy atom. The zero-order valence-corrected chi connectivity index (χ0v) is 9.73. The number of amides is 1. The van der Waals surface area contributed by atoms with Gasteiger partial charge >= 0.3 is 0 Å². The van der Waals surface area contributed by atoms with Gasteiger partial charge in [0.05, 0.1) is 0 Å². The molecule has 3 nitrogen and oxygen atoms in total. The molecule has 0 saturated heterocycles. The first-order valence-corrected chi connectivity index (χ1v) is 6.16. The molecule has 88 valence electrons. The van der Waals surface area contributed by atoms with Crippen molar-refractivity contribution in [3.8, 4) is 0 Å². The number of hydrogen-bond acceptors (Lipinski definition) is 3. The number of carbonyl (C=O) groups is 1. The number of halogens is 1. The van der Waals surface area contributed by atoms with Crippen LogP contribution in [0.25, 0.3) is 0 Å². The standard InChI is InChI=1S/C11H15FN2OS/c12-10-3-2-8(11(14)15)6-9(10)7-16-5-1-4-13/h2-3,6H,1,4-5,7,13H2,(H2,14,15). The lowest BCUT2D eigenvalue weighted by atomic mass is 10.1. The largest absolute Gasteiger partial charge is 0.366 e. The molecule has 0 heterocycles. The van der Waals surface area contributed by atoms with Crippen LogP contribution in [0.15, 0.2) is 18.2 Å². The summed E-state index contributed by atoms with van der Waals surface area (Å²) < 4.78 is 13.4. The van der Waals surface area contributed by atoms with E-state index in [4.69, 9.17) is 11.5 Å². The Kier molecular flexibility index (Phi) is 5.28. The molecular weight excluding hydrogens is 227 g/mol. The van der Waals surface area contributed by atoms with Crippen LogP contribution in [0.1, 0.15) is 22.3 Å². The van der Waals surface area contributed by atoms with Gasteiger partial charge in [-0.3, -0.25) is 4.79 Å². The first-order valence-electron chi connectivity index (χ1n) is 5.01. The number of primary amides is 1. The Bertz CT molecular complexity index is 371. The van der Waals surface area contributed by atoms with Crippen molar-refractivity contribution in [3.63, 3.8) is 0 Å². The third kappa shape index (κ3) is 3.83. The van der Waals surface area contributed by atoms with Gasteiger partial charge in [0.2, 0.25) is 5.91 Å². The van der Waals surface area contributed by atoms with Crippen LogP contribution < -0.4 is 11.5 Å². The molecule has 0 aliphatic heterocycles. The molecule has 0 aliphatic rings. The molecule has 1 rings (SSSR count). The van der Waals surface area contributed by atoms with E-state index in [1.165, 1.54) is 18.2 Å². The topological polar surface area (TPSA) is 69.1 Å². The maximum Gasteiger partial charge on any atom is 0.248 e. The molecule has 4 N–H and O–H groups in total. The summed E-state index contributed by atoms with van der Waals surface area (Å²) in [5, 5.41) is 0. The highest BCUT2D eigenvalue weighted by Gasteiger charge is 2.06. The van der Waals surface area contributed by atoms with Crippen LogP contribution in [0, 0.1) is 5.82 Å². The van der Waals surface area contributed by atoms with E-state index < -0.39 is 5.91 Å². The molecule has 1 amide bonds. The van der Waals surface area contributed by atoms with Crippen molar-refractivity contribution in [3.05, 3.63) is 35.1 Å². The Hall–Kier alpha value is -1.07. The number of rotatable bonds is 6. The van der Waals surface area contributed by atoms with E-state index in [2.05, 4.69) is 0 Å². The molecule has 0 aromatic heterocycles. The van der Waals surface area contributed by atoms with Gasteiger partial charge in [0.1, 0.15) is 5.82 Å². The summed E-state index contributed by atoms with van der Waals surface area (Å²) in [7, 11) is 0. The van der Waals surface area contributed by atoms with Gasteiger partial charge in [0, 0.05) is 11.3 Å². The summed E-state index contributed by atoms with van der Waals surface area (Å²) in [6.45, 7) is 0.636. The summed E-state index contributed by atoms with van der Waals surface area (Å²) in [4.78, 5) is 10.9. The van der Waals surface area contributed by atoms with Gasteiger partial charge < -0.3 is 11.5 Å². The first-order chi connectivity index (χ1) is 7.65. The minimum Gasteiger partial charge on any atom is -0.366 e. The molecule has 0 spiro atoms. The van der Waals surface area contributed by atoms with E-state index in [-0.39, 0.29) is 5.82 Å². The second kappa shape index (κ2) is 6.50. The van der Waals surface area contributed by atoms with Crippen LogP contribution >= 0.6 is 11.8 Å². The minimum atomic E-state index is -0.534. The summed E-state index contributed by atoms with van der Waals surface area (Å²) in [5.74, 6) is 0.586. The molecular formula is C11H15FN2OS. The van der Waals surface area contributed by atoms with E-state index >= 15 is 0 Å². The zero-order chi connectivity index (χ0) is 12.0. The van der Waals surface area contributed by atoms with Crippen LogP contribution in [0.4, 0.5) is 4.39 Å². The summed E-state index contributed by atoms with van der Waals surface area (Å²) in [6.07, 6.45) is 0.905. The highest BCUT2D eigenvalue weighted by Crippen LogP contribution is 2.17. The predicted octanol–water partition coefficient (Wildman–Crippen LogP) is 1.51. The van der Waals surface area contributed by atoms with Crippen molar-refractivity contribution in [1.29, 1.82) is 0 Å². The lowest BCUT2D eigenvalue weighted by molar-refractivity contribution is 0.1000. The molecule has 0 radical (unpaired) electrons. The van der Waals surface area contributed by atoms with Gasteiger partial charge in [-0.05, 0) is 42.5 Å². The summed E-state index contributed by atoms with van der Waals surface area (Å²) in [6, 6.07) is 4.18. The Balaban J connectivity index is 2.63. The Labute approximate surface area is 98.4 Å². The second-order valence-electron chi connectivity index (χ2n) is 3.37. The molecule has 5 heteroatoms. The number of hydrogen-bond donors (Lipinski definition) is 2. The fourth-order valence-electron chi connectivity index (χ4n) is 1.21. The molecule has 1 aromatic rings. The number of carbonyl (C=O) groups excluding carboxylic acids is 1. The highest BCUT2D eigenvalue weighted by molar-refractivity contribution is 7.98. The third-order valence-corrected chi connectivity index (χ3v) is 3.17. The average Bonchev–Trinajstić information content (AvgIpc) is 2.26. The van der Waals surface area contributed by atoms with Crippen molar-refractivity contribution < 1.29 is 9.18 Å². The second-order valence-corrected chi connectivity index (χ2v) is 4.47. The molecule has 1 aromatic carbocycles. The SMILES string of the molecule is NCCCSCc1cc(C(N)=O)ccc1F. The first kappa shape index (κ1) is 13.0. The van der Waals surface area contributed by atoms with E-state index in [0.29, 0.717) is 23.4 Å². The van der Waals surface area contributed by atoms with Crippen molar-refractivity contribution in [2.75, 3.05) is 12.3 Å². The monoisotopic (exact) mass is 242 g/mol. The van der Waals surface area contributed by atoms with Gasteiger partial charge in [-0.1, -0.05) is 0 Å². The van der Waals surface area contributed by atoms with E-state index in [9.17, 15) is 9.18 Å². The zero-order valence-electron chi connectivity index (χ0n) is 8.91. The van der Waals surface area contributed by atoms with Crippen molar-refractivity contribution in [2.24, 2.45) is 11.5 Å². The number of benzene rings is 1. The van der Waals surface area contributed by atoms with Crippen LogP contribution in [0.5, 0.6) is 0 Å². The molecule has 0 fully saturated rings. The van der Waals surface area contributed by atoms with Crippen LogP contribution in [0.2, 0.25) is 0 Å². The quantitative estimate of drug-likeness (QED) is 0.743. The van der Waals surface area contributed by atoms with Crippen molar-refractivity contribution >= 4 is 17.7 Å². The summed E-state index contributed by atoms with van der Waals surface area (Å²) >= 11 is 1.59. The maximum atomic E-state index is 13.4. The van der Waals surface area contributed by atoms with Gasteiger partial charge in [-0.15, -0.1) is 0 Å². The fraction of sp³-hybridized carbons (Fsp3) is 0.364. The van der Waals surface area contributed by atoms with Gasteiger partial charge in [-0.2, -0.15) is 11.8 Å². The molecule has 0 atom stereocenters. The third-order valence-electron chi connectivity index (χ3n) is 2.08. The molecule has 0 unspecified atom stereocenters. The Morgan fingerprint density at radius 3 is 2.81 bits per heavy atom. The van der Waals surface area contributed by atoms with Crippen LogP contribution in [-0.4, -0.2) is 18.2 Å². The smallest absolute Gasteiger partial charge is 0.248 e. The van der Waals surface area contributed by atoms with Crippen molar-refractivity contribution in [2.45, 2.75) is 12.2 Å². The normalized spacial score (nSPS) is 10.4. The molecule has 16 heavy (non-hydrogen) atoms. The van der Waals surface area contributed by atoms with E-state index in [1.54, 1.807) is 11.8 Å². The molecule has 0 aliphatic carbocycles.